The lowest BCUT2D eigenvalue weighted by Gasteiger charge is -2.15. The summed E-state index contributed by atoms with van der Waals surface area (Å²) in [6.07, 6.45) is 3.19. The van der Waals surface area contributed by atoms with E-state index in [9.17, 15) is 0 Å². The second kappa shape index (κ2) is 22.8. The lowest BCUT2D eigenvalue weighted by molar-refractivity contribution is 0.179. The molecule has 0 amide bonds. The maximum Gasteiger partial charge on any atom is 0.170 e. The normalized spacial score (nSPS) is 10.6. The summed E-state index contributed by atoms with van der Waals surface area (Å²) >= 11 is 0. The number of nitrogens with two attached hydrogens (primary N) is 2. The zero-order chi connectivity index (χ0) is 35.5. The number of benzene rings is 2. The molecule has 4 rings (SSSR count). The van der Waals surface area contributed by atoms with Crippen molar-refractivity contribution in [1.82, 2.24) is 10.3 Å². The average Bonchev–Trinajstić information content (AvgIpc) is 3.70. The van der Waals surface area contributed by atoms with E-state index in [1.54, 1.807) is 20.3 Å². The predicted octanol–water partition coefficient (Wildman–Crippen LogP) is 5.62. The molecule has 0 saturated carbocycles. The fraction of sp³-hybridized carbons (Fsp3) is 0.412. The molecular weight excluding hydrogens is 656 g/mol. The van der Waals surface area contributed by atoms with E-state index in [2.05, 4.69) is 27.4 Å². The van der Waals surface area contributed by atoms with Gasteiger partial charge >= 0.3 is 0 Å². The van der Waals surface area contributed by atoms with Crippen molar-refractivity contribution in [2.75, 3.05) is 27.4 Å². The number of rotatable bonds is 15. The molecule has 0 bridgehead atoms. The Bertz CT molecular complexity index is 1630. The van der Waals surface area contributed by atoms with E-state index < -0.39 is 0 Å². The van der Waals surface area contributed by atoms with Gasteiger partial charge in [0.15, 0.2) is 5.84 Å². The highest BCUT2D eigenvalue weighted by Crippen LogP contribution is 2.28. The molecule has 0 aliphatic rings. The molecule has 0 saturated heterocycles. The van der Waals surface area contributed by atoms with Crippen molar-refractivity contribution in [3.63, 3.8) is 0 Å². The molecule has 0 aliphatic carbocycles. The van der Waals surface area contributed by atoms with E-state index in [0.29, 0.717) is 37.6 Å². The number of amidine groups is 1. The van der Waals surface area contributed by atoms with Gasteiger partial charge in [-0.1, -0.05) is 15.5 Å². The zero-order valence-electron chi connectivity index (χ0n) is 28.8. The number of nitrogens with zero attached hydrogens (tertiary/aromatic N) is 4. The van der Waals surface area contributed by atoms with Gasteiger partial charge in [0.1, 0.15) is 23.0 Å². The van der Waals surface area contributed by atoms with Gasteiger partial charge in [-0.25, -0.2) is 5.90 Å². The van der Waals surface area contributed by atoms with Crippen LogP contribution in [-0.4, -0.2) is 54.0 Å². The molecule has 0 aliphatic heterocycles. The Morgan fingerprint density at radius 1 is 0.796 bits per heavy atom. The first kappa shape index (κ1) is 42.4. The summed E-state index contributed by atoms with van der Waals surface area (Å²) < 4.78 is 32.6. The number of halogens is 1. The minimum Gasteiger partial charge on any atom is -0.493 e. The minimum absolute atomic E-state index is 0. The van der Waals surface area contributed by atoms with Gasteiger partial charge in [-0.05, 0) is 75.9 Å². The Kier molecular flexibility index (Phi) is 19.7. The van der Waals surface area contributed by atoms with Gasteiger partial charge in [0.2, 0.25) is 0 Å². The van der Waals surface area contributed by atoms with Gasteiger partial charge in [0.05, 0.1) is 49.4 Å². The van der Waals surface area contributed by atoms with Crippen LogP contribution in [0.1, 0.15) is 69.1 Å². The highest BCUT2D eigenvalue weighted by Gasteiger charge is 2.13. The number of nitriles is 1. The van der Waals surface area contributed by atoms with E-state index in [1.807, 2.05) is 58.0 Å². The van der Waals surface area contributed by atoms with Crippen LogP contribution in [0.3, 0.4) is 0 Å². The van der Waals surface area contributed by atoms with Crippen molar-refractivity contribution in [3.05, 3.63) is 92.7 Å². The first-order valence-corrected chi connectivity index (χ1v) is 15.2. The van der Waals surface area contributed by atoms with Gasteiger partial charge in [0, 0.05) is 55.9 Å². The Balaban J connectivity index is 0.000000459. The van der Waals surface area contributed by atoms with Gasteiger partial charge in [-0.2, -0.15) is 5.26 Å². The largest absolute Gasteiger partial charge is 0.493 e. The van der Waals surface area contributed by atoms with Crippen LogP contribution < -0.4 is 21.1 Å². The van der Waals surface area contributed by atoms with Gasteiger partial charge in [-0.15, -0.1) is 12.4 Å². The monoisotopic (exact) mass is 702 g/mol. The van der Waals surface area contributed by atoms with Crippen LogP contribution in [0, 0.1) is 39.0 Å². The van der Waals surface area contributed by atoms with Crippen LogP contribution in [0.15, 0.2) is 50.6 Å². The van der Waals surface area contributed by atoms with Crippen LogP contribution in [0.2, 0.25) is 0 Å². The fourth-order valence-corrected chi connectivity index (χ4v) is 4.81. The third-order valence-electron chi connectivity index (χ3n) is 6.82. The van der Waals surface area contributed by atoms with E-state index in [0.717, 1.165) is 82.3 Å². The van der Waals surface area contributed by atoms with Crippen LogP contribution in [0.25, 0.3) is 0 Å². The number of aromatic nitrogens is 2. The quantitative estimate of drug-likeness (QED) is 0.0389. The smallest absolute Gasteiger partial charge is 0.170 e. The standard InChI is InChI=1S/C17H23N3O4.C17H20N2O3.ClH.H3NO/c1-11-7-13(17(18)19-21)9-14(10-22-3)16(11)23-6-4-5-15-8-12(2)20-24-15;1-12-7-14(10-18)9-15(11-20-3)17(12)21-6-4-5-16-8-13(2)19-22-16;;1-2/h7-9,21H,4-6,10H2,1-3H3,(H2,18,19);7-9H,4-6,11H2,1-3H3;1H;2H,1H2. The Hall–Kier alpha value is -4.65. The molecule has 268 valence electrons. The summed E-state index contributed by atoms with van der Waals surface area (Å²) in [4.78, 5) is 0. The summed E-state index contributed by atoms with van der Waals surface area (Å²) in [5.41, 5.74) is 12.3. The summed E-state index contributed by atoms with van der Waals surface area (Å²) in [5, 5.41) is 35.1. The zero-order valence-corrected chi connectivity index (χ0v) is 29.6. The first-order chi connectivity index (χ1) is 23.2. The lowest BCUT2D eigenvalue weighted by Crippen LogP contribution is -2.14. The molecule has 0 atom stereocenters. The topological polar surface area (TPSA) is 218 Å². The molecule has 14 nitrogen and oxygen atoms in total. The number of hydrogen-bond donors (Lipinski definition) is 4. The van der Waals surface area contributed by atoms with E-state index >= 15 is 0 Å². The molecule has 2 aromatic carbocycles. The molecule has 0 fully saturated rings. The van der Waals surface area contributed by atoms with E-state index in [1.165, 1.54) is 0 Å². The van der Waals surface area contributed by atoms with E-state index in [4.69, 9.17) is 49.4 Å². The van der Waals surface area contributed by atoms with Crippen molar-refractivity contribution in [3.8, 4) is 17.6 Å². The molecule has 2 aromatic heterocycles. The molecule has 15 heteroatoms. The van der Waals surface area contributed by atoms with Crippen molar-refractivity contribution in [1.29, 1.82) is 5.26 Å². The maximum atomic E-state index is 9.04. The van der Waals surface area contributed by atoms with Crippen molar-refractivity contribution in [2.45, 2.75) is 66.6 Å². The third kappa shape index (κ3) is 13.8. The molecule has 0 unspecified atom stereocenters. The maximum absolute atomic E-state index is 9.04. The lowest BCUT2D eigenvalue weighted by atomic mass is 10.0. The van der Waals surface area contributed by atoms with Crippen molar-refractivity contribution in [2.24, 2.45) is 16.8 Å². The van der Waals surface area contributed by atoms with Crippen LogP contribution >= 0.6 is 12.4 Å². The Labute approximate surface area is 292 Å². The van der Waals surface area contributed by atoms with E-state index in [-0.39, 0.29) is 18.2 Å². The van der Waals surface area contributed by atoms with Crippen LogP contribution in [0.4, 0.5) is 0 Å². The summed E-state index contributed by atoms with van der Waals surface area (Å²) in [6, 6.07) is 13.3. The average molecular weight is 703 g/mol. The molecule has 0 spiro atoms. The molecule has 49 heavy (non-hydrogen) atoms. The van der Waals surface area contributed by atoms with Crippen molar-refractivity contribution >= 4 is 18.2 Å². The predicted molar refractivity (Wildman–Crippen MR) is 184 cm³/mol. The molecule has 0 radical (unpaired) electrons. The number of methoxy groups -OCH3 is 2. The SMILES string of the molecule is COCc1cc(/C(N)=N/O)cc(C)c1OCCCc1cc(C)no1.COCc1cc(C#N)cc(C)c1OCCCc1cc(C)no1.Cl.NO. The number of oxime groups is 1. The van der Waals surface area contributed by atoms with Crippen LogP contribution in [-0.2, 0) is 35.5 Å². The molecule has 2 heterocycles. The van der Waals surface area contributed by atoms with Gasteiger partial charge in [0.25, 0.3) is 0 Å². The summed E-state index contributed by atoms with van der Waals surface area (Å²) in [7, 11) is 3.24. The fourth-order valence-electron chi connectivity index (χ4n) is 4.81. The molecule has 4 aromatic rings. The second-order valence-electron chi connectivity index (χ2n) is 10.8. The molecular formula is C34H47ClN6O8. The van der Waals surface area contributed by atoms with Gasteiger partial charge < -0.3 is 44.1 Å². The Morgan fingerprint density at radius 3 is 1.67 bits per heavy atom. The number of ether oxygens (including phenoxy) is 4. The summed E-state index contributed by atoms with van der Waals surface area (Å²) in [6.45, 7) is 9.57. The molecule has 6 N–H and O–H groups in total. The Morgan fingerprint density at radius 2 is 1.27 bits per heavy atom. The van der Waals surface area contributed by atoms with Gasteiger partial charge in [-0.3, -0.25) is 0 Å². The highest BCUT2D eigenvalue weighted by molar-refractivity contribution is 5.97. The highest BCUT2D eigenvalue weighted by atomic mass is 35.5. The van der Waals surface area contributed by atoms with Crippen molar-refractivity contribution < 1.29 is 38.4 Å². The van der Waals surface area contributed by atoms with Crippen LogP contribution in [0.5, 0.6) is 11.5 Å². The minimum atomic E-state index is 0. The number of aryl methyl sites for hydroxylation is 6. The number of hydrogen-bond acceptors (Lipinski definition) is 13. The third-order valence-corrected chi connectivity index (χ3v) is 6.82. The summed E-state index contributed by atoms with van der Waals surface area (Å²) in [5.74, 6) is 6.85. The first-order valence-electron chi connectivity index (χ1n) is 15.2. The second-order valence-corrected chi connectivity index (χ2v) is 10.8.